The summed E-state index contributed by atoms with van der Waals surface area (Å²) < 4.78 is 0.860. The smallest absolute Gasteiger partial charge is 0.329 e. The number of thioether (sulfide) groups is 1. The Morgan fingerprint density at radius 1 is 1.30 bits per heavy atom. The number of halogens is 1. The Hall–Kier alpha value is -1.01. The predicted octanol–water partition coefficient (Wildman–Crippen LogP) is 2.46. The lowest BCUT2D eigenvalue weighted by molar-refractivity contribution is -0.148. The van der Waals surface area contributed by atoms with Gasteiger partial charge < -0.3 is 10.4 Å². The van der Waals surface area contributed by atoms with E-state index in [0.717, 1.165) is 21.5 Å². The van der Waals surface area contributed by atoms with E-state index in [-0.39, 0.29) is 12.3 Å². The molecule has 1 aliphatic heterocycles. The monoisotopic (exact) mass is 357 g/mol. The van der Waals surface area contributed by atoms with Crippen LogP contribution in [0.25, 0.3) is 0 Å². The molecule has 1 fully saturated rings. The molecule has 6 heteroatoms. The van der Waals surface area contributed by atoms with Crippen molar-refractivity contribution in [2.75, 3.05) is 11.5 Å². The van der Waals surface area contributed by atoms with Gasteiger partial charge in [-0.2, -0.15) is 11.8 Å². The molecule has 0 radical (unpaired) electrons. The van der Waals surface area contributed by atoms with E-state index in [0.29, 0.717) is 12.8 Å². The molecular formula is C14H16BrNO3S. The van der Waals surface area contributed by atoms with Crippen LogP contribution >= 0.6 is 27.7 Å². The number of nitrogens with one attached hydrogen (secondary N) is 1. The highest BCUT2D eigenvalue weighted by molar-refractivity contribution is 9.10. The second-order valence-corrected chi connectivity index (χ2v) is 6.90. The number of rotatable bonds is 4. The number of carbonyl (C=O) groups is 2. The Kier molecular flexibility index (Phi) is 5.10. The molecule has 20 heavy (non-hydrogen) atoms. The molecule has 1 saturated heterocycles. The van der Waals surface area contributed by atoms with Crippen LogP contribution in [0.2, 0.25) is 0 Å². The van der Waals surface area contributed by atoms with Gasteiger partial charge >= 0.3 is 5.97 Å². The summed E-state index contributed by atoms with van der Waals surface area (Å²) in [7, 11) is 0. The molecule has 108 valence electrons. The van der Waals surface area contributed by atoms with Crippen molar-refractivity contribution >= 4 is 39.6 Å². The predicted molar refractivity (Wildman–Crippen MR) is 82.9 cm³/mol. The molecular weight excluding hydrogens is 342 g/mol. The maximum Gasteiger partial charge on any atom is 0.329 e. The summed E-state index contributed by atoms with van der Waals surface area (Å²) >= 11 is 5.12. The fourth-order valence-corrected chi connectivity index (χ4v) is 3.85. The van der Waals surface area contributed by atoms with Crippen LogP contribution in [-0.2, 0) is 16.0 Å². The summed E-state index contributed by atoms with van der Waals surface area (Å²) in [6.07, 6.45) is 1.15. The number of carboxylic acid groups (broad SMARTS) is 1. The van der Waals surface area contributed by atoms with Crippen LogP contribution in [-0.4, -0.2) is 34.0 Å². The molecule has 2 N–H and O–H groups in total. The molecule has 2 rings (SSSR count). The van der Waals surface area contributed by atoms with Crippen LogP contribution in [0.5, 0.6) is 0 Å². The molecule has 1 aromatic carbocycles. The topological polar surface area (TPSA) is 66.4 Å². The number of benzene rings is 1. The third kappa shape index (κ3) is 3.55. The van der Waals surface area contributed by atoms with Gasteiger partial charge in [-0.1, -0.05) is 34.1 Å². The lowest BCUT2D eigenvalue weighted by Gasteiger charge is -2.33. The Morgan fingerprint density at radius 2 is 1.95 bits per heavy atom. The molecule has 0 aromatic heterocycles. The van der Waals surface area contributed by atoms with Gasteiger partial charge in [0.2, 0.25) is 5.91 Å². The Labute approximate surface area is 130 Å². The van der Waals surface area contributed by atoms with E-state index in [1.54, 1.807) is 11.8 Å². The average Bonchev–Trinajstić information content (AvgIpc) is 2.42. The quantitative estimate of drug-likeness (QED) is 0.868. The minimum absolute atomic E-state index is 0.184. The van der Waals surface area contributed by atoms with Crippen LogP contribution in [0.3, 0.4) is 0 Å². The number of hydrogen-bond donors (Lipinski definition) is 2. The molecule has 0 atom stereocenters. The van der Waals surface area contributed by atoms with E-state index in [2.05, 4.69) is 21.2 Å². The standard InChI is InChI=1S/C14H16BrNO3S/c15-11-4-2-1-3-10(11)9-12(17)16-14(13(18)19)5-7-20-8-6-14/h1-4H,5-9H2,(H,16,17)(H,18,19). The van der Waals surface area contributed by atoms with Crippen molar-refractivity contribution in [2.24, 2.45) is 0 Å². The van der Waals surface area contributed by atoms with Crippen LogP contribution in [0, 0.1) is 0 Å². The zero-order valence-electron chi connectivity index (χ0n) is 10.9. The van der Waals surface area contributed by atoms with E-state index in [9.17, 15) is 14.7 Å². The molecule has 0 spiro atoms. The van der Waals surface area contributed by atoms with Gasteiger partial charge in [-0.05, 0) is 36.0 Å². The van der Waals surface area contributed by atoms with E-state index in [1.165, 1.54) is 0 Å². The van der Waals surface area contributed by atoms with Crippen molar-refractivity contribution in [3.63, 3.8) is 0 Å². The molecule has 0 aliphatic carbocycles. The van der Waals surface area contributed by atoms with E-state index < -0.39 is 11.5 Å². The van der Waals surface area contributed by atoms with Crippen molar-refractivity contribution < 1.29 is 14.7 Å². The SMILES string of the molecule is O=C(Cc1ccccc1Br)NC1(C(=O)O)CCSCC1. The van der Waals surface area contributed by atoms with E-state index in [1.807, 2.05) is 24.3 Å². The van der Waals surface area contributed by atoms with Gasteiger partial charge in [-0.25, -0.2) is 4.79 Å². The van der Waals surface area contributed by atoms with Gasteiger partial charge in [0.25, 0.3) is 0 Å². The summed E-state index contributed by atoms with van der Waals surface area (Å²) in [6.45, 7) is 0. The number of aliphatic carboxylic acids is 1. The van der Waals surface area contributed by atoms with Crippen molar-refractivity contribution in [2.45, 2.75) is 24.8 Å². The zero-order valence-corrected chi connectivity index (χ0v) is 13.3. The summed E-state index contributed by atoms with van der Waals surface area (Å²) in [5, 5.41) is 12.2. The molecule has 1 aliphatic rings. The molecule has 0 saturated carbocycles. The second kappa shape index (κ2) is 6.63. The highest BCUT2D eigenvalue weighted by Gasteiger charge is 2.41. The first kappa shape index (κ1) is 15.4. The molecule has 0 bridgehead atoms. The summed E-state index contributed by atoms with van der Waals surface area (Å²) in [4.78, 5) is 23.6. The van der Waals surface area contributed by atoms with Crippen LogP contribution in [0.1, 0.15) is 18.4 Å². The fourth-order valence-electron chi connectivity index (χ4n) is 2.24. The third-order valence-electron chi connectivity index (χ3n) is 3.44. The minimum Gasteiger partial charge on any atom is -0.480 e. The van der Waals surface area contributed by atoms with Crippen LogP contribution in [0.4, 0.5) is 0 Å². The second-order valence-electron chi connectivity index (χ2n) is 4.82. The number of carbonyl (C=O) groups excluding carboxylic acids is 1. The van der Waals surface area contributed by atoms with Gasteiger partial charge in [-0.15, -0.1) is 0 Å². The summed E-state index contributed by atoms with van der Waals surface area (Å²) in [5.41, 5.74) is -0.237. The highest BCUT2D eigenvalue weighted by Crippen LogP contribution is 2.27. The lowest BCUT2D eigenvalue weighted by atomic mass is 9.92. The highest BCUT2D eigenvalue weighted by atomic mass is 79.9. The van der Waals surface area contributed by atoms with Gasteiger partial charge in [0.05, 0.1) is 6.42 Å². The van der Waals surface area contributed by atoms with Crippen molar-refractivity contribution in [1.82, 2.24) is 5.32 Å². The molecule has 4 nitrogen and oxygen atoms in total. The molecule has 1 amide bonds. The number of hydrogen-bond acceptors (Lipinski definition) is 3. The zero-order chi connectivity index (χ0) is 14.6. The fraction of sp³-hybridized carbons (Fsp3) is 0.429. The number of amides is 1. The van der Waals surface area contributed by atoms with Crippen molar-refractivity contribution in [1.29, 1.82) is 0 Å². The van der Waals surface area contributed by atoms with Crippen LogP contribution in [0.15, 0.2) is 28.7 Å². The maximum atomic E-state index is 12.1. The largest absolute Gasteiger partial charge is 0.480 e. The Bertz CT molecular complexity index is 515. The van der Waals surface area contributed by atoms with Gasteiger partial charge in [0, 0.05) is 4.47 Å². The normalized spacial score (nSPS) is 17.4. The lowest BCUT2D eigenvalue weighted by Crippen LogP contribution is -2.56. The molecule has 1 heterocycles. The molecule has 0 unspecified atom stereocenters. The van der Waals surface area contributed by atoms with Gasteiger partial charge in [0.15, 0.2) is 0 Å². The Balaban J connectivity index is 2.06. The number of carboxylic acids is 1. The van der Waals surface area contributed by atoms with E-state index in [4.69, 9.17) is 0 Å². The van der Waals surface area contributed by atoms with Gasteiger partial charge in [-0.3, -0.25) is 4.79 Å². The summed E-state index contributed by atoms with van der Waals surface area (Å²) in [6, 6.07) is 7.46. The maximum absolute atomic E-state index is 12.1. The first-order valence-electron chi connectivity index (χ1n) is 6.39. The first-order chi connectivity index (χ1) is 9.53. The third-order valence-corrected chi connectivity index (χ3v) is 5.20. The van der Waals surface area contributed by atoms with Crippen molar-refractivity contribution in [3.05, 3.63) is 34.3 Å². The van der Waals surface area contributed by atoms with E-state index >= 15 is 0 Å². The molecule has 1 aromatic rings. The average molecular weight is 358 g/mol. The van der Waals surface area contributed by atoms with Gasteiger partial charge in [0.1, 0.15) is 5.54 Å². The Morgan fingerprint density at radius 3 is 2.55 bits per heavy atom. The minimum atomic E-state index is -1.09. The van der Waals surface area contributed by atoms with Crippen molar-refractivity contribution in [3.8, 4) is 0 Å². The summed E-state index contributed by atoms with van der Waals surface area (Å²) in [5.74, 6) is 0.355. The van der Waals surface area contributed by atoms with Crippen LogP contribution < -0.4 is 5.32 Å². The first-order valence-corrected chi connectivity index (χ1v) is 8.34.